The second-order valence-electron chi connectivity index (χ2n) is 6.24. The first-order chi connectivity index (χ1) is 11.4. The van der Waals surface area contributed by atoms with Crippen molar-refractivity contribution in [3.05, 3.63) is 66.9 Å². The van der Waals surface area contributed by atoms with E-state index < -0.39 is 0 Å². The van der Waals surface area contributed by atoms with Gasteiger partial charge in [-0.15, -0.1) is 10.2 Å². The maximum Gasteiger partial charge on any atom is 0.119 e. The van der Waals surface area contributed by atoms with Gasteiger partial charge in [0, 0.05) is 11.8 Å². The third-order valence-corrected chi connectivity index (χ3v) is 4.80. The van der Waals surface area contributed by atoms with Crippen molar-refractivity contribution >= 4 is 0 Å². The molecule has 1 unspecified atom stereocenters. The Labute approximate surface area is 136 Å². The highest BCUT2D eigenvalue weighted by atomic mass is 15.2. The summed E-state index contributed by atoms with van der Waals surface area (Å²) in [5, 5.41) is 8.00. The molecule has 0 aliphatic heterocycles. The summed E-state index contributed by atoms with van der Waals surface area (Å²) >= 11 is 0. The third-order valence-electron chi connectivity index (χ3n) is 4.80. The molecule has 1 fully saturated rings. The van der Waals surface area contributed by atoms with E-state index in [0.29, 0.717) is 12.0 Å². The fourth-order valence-electron chi connectivity index (χ4n) is 3.67. The van der Waals surface area contributed by atoms with Crippen LogP contribution in [0.15, 0.2) is 61.3 Å². The van der Waals surface area contributed by atoms with E-state index in [9.17, 15) is 0 Å². The molecule has 0 N–H and O–H groups in total. The van der Waals surface area contributed by atoms with Crippen LogP contribution in [-0.4, -0.2) is 19.7 Å². The van der Waals surface area contributed by atoms with Gasteiger partial charge in [0.15, 0.2) is 0 Å². The van der Waals surface area contributed by atoms with Gasteiger partial charge in [0.2, 0.25) is 0 Å². The van der Waals surface area contributed by atoms with Crippen LogP contribution in [0.25, 0.3) is 11.3 Å². The average Bonchev–Trinajstić information content (AvgIpc) is 3.31. The molecule has 4 heteroatoms. The van der Waals surface area contributed by atoms with Crippen LogP contribution in [0.1, 0.15) is 37.3 Å². The van der Waals surface area contributed by atoms with Crippen molar-refractivity contribution in [3.8, 4) is 11.3 Å². The maximum atomic E-state index is 4.70. The highest BCUT2D eigenvalue weighted by Gasteiger charge is 2.28. The van der Waals surface area contributed by atoms with Crippen LogP contribution in [0.4, 0.5) is 0 Å². The molecule has 0 amide bonds. The predicted molar refractivity (Wildman–Crippen MR) is 89.8 cm³/mol. The van der Waals surface area contributed by atoms with E-state index in [-0.39, 0.29) is 0 Å². The topological polar surface area (TPSA) is 43.6 Å². The molecular formula is C19H20N4. The predicted octanol–water partition coefficient (Wildman–Crippen LogP) is 4.12. The Hall–Kier alpha value is -2.49. The van der Waals surface area contributed by atoms with E-state index >= 15 is 0 Å². The van der Waals surface area contributed by atoms with Crippen molar-refractivity contribution in [1.82, 2.24) is 19.7 Å². The van der Waals surface area contributed by atoms with Crippen LogP contribution in [0.2, 0.25) is 0 Å². The van der Waals surface area contributed by atoms with Crippen molar-refractivity contribution in [2.75, 3.05) is 0 Å². The first-order valence-corrected chi connectivity index (χ1v) is 8.27. The van der Waals surface area contributed by atoms with E-state index in [0.717, 1.165) is 11.3 Å². The molecule has 0 saturated heterocycles. The first-order valence-electron chi connectivity index (χ1n) is 8.27. The fourth-order valence-corrected chi connectivity index (χ4v) is 3.67. The maximum absolute atomic E-state index is 4.70. The molecule has 2 aromatic heterocycles. The van der Waals surface area contributed by atoms with Gasteiger partial charge >= 0.3 is 0 Å². The van der Waals surface area contributed by atoms with Crippen LogP contribution in [0, 0.1) is 5.92 Å². The van der Waals surface area contributed by atoms with Gasteiger partial charge in [0.25, 0.3) is 0 Å². The number of benzene rings is 1. The van der Waals surface area contributed by atoms with Crippen molar-refractivity contribution in [1.29, 1.82) is 0 Å². The summed E-state index contributed by atoms with van der Waals surface area (Å²) in [6, 6.07) is 14.9. The summed E-state index contributed by atoms with van der Waals surface area (Å²) in [5.41, 5.74) is 3.42. The molecule has 1 aromatic carbocycles. The Bertz CT molecular complexity index is 729. The Morgan fingerprint density at radius 1 is 0.913 bits per heavy atom. The van der Waals surface area contributed by atoms with Crippen molar-refractivity contribution in [2.45, 2.75) is 31.7 Å². The van der Waals surface area contributed by atoms with Gasteiger partial charge in [0.05, 0.1) is 11.7 Å². The number of aromatic nitrogens is 4. The fraction of sp³-hybridized carbons (Fsp3) is 0.316. The number of hydrogen-bond donors (Lipinski definition) is 0. The quantitative estimate of drug-likeness (QED) is 0.728. The molecule has 1 saturated carbocycles. The molecule has 23 heavy (non-hydrogen) atoms. The molecule has 2 heterocycles. The highest BCUT2D eigenvalue weighted by Crippen LogP contribution is 2.38. The van der Waals surface area contributed by atoms with Crippen LogP contribution in [0.5, 0.6) is 0 Å². The van der Waals surface area contributed by atoms with Gasteiger partial charge in [-0.1, -0.05) is 49.2 Å². The molecule has 0 bridgehead atoms. The lowest BCUT2D eigenvalue weighted by Crippen LogP contribution is -2.18. The average molecular weight is 304 g/mol. The van der Waals surface area contributed by atoms with Gasteiger partial charge < -0.3 is 4.57 Å². The lowest BCUT2D eigenvalue weighted by molar-refractivity contribution is 0.384. The molecule has 0 spiro atoms. The molecule has 1 aliphatic carbocycles. The molecular weight excluding hydrogens is 284 g/mol. The van der Waals surface area contributed by atoms with Gasteiger partial charge in [-0.3, -0.25) is 4.98 Å². The number of nitrogens with zero attached hydrogens (tertiary/aromatic N) is 4. The first kappa shape index (κ1) is 14.1. The minimum Gasteiger partial charge on any atom is -0.312 e. The normalized spacial score (nSPS) is 16.5. The SMILES string of the molecule is c1ccc(-c2ccc(C(C3CCCC3)n3cnnc3)cn2)cc1. The summed E-state index contributed by atoms with van der Waals surface area (Å²) in [5.74, 6) is 0.648. The zero-order valence-electron chi connectivity index (χ0n) is 13.0. The van der Waals surface area contributed by atoms with Crippen LogP contribution < -0.4 is 0 Å². The number of rotatable bonds is 4. The standard InChI is InChI=1S/C19H20N4/c1-2-6-15(7-3-1)18-11-10-17(12-20-18)19(16-8-4-5-9-16)23-13-21-22-14-23/h1-3,6-7,10-14,16,19H,4-5,8-9H2. The Kier molecular flexibility index (Phi) is 3.88. The van der Waals surface area contributed by atoms with Crippen LogP contribution in [-0.2, 0) is 0 Å². The summed E-state index contributed by atoms with van der Waals surface area (Å²) in [7, 11) is 0. The van der Waals surface area contributed by atoms with E-state index in [2.05, 4.69) is 39.0 Å². The minimum absolute atomic E-state index is 0.296. The Balaban J connectivity index is 1.66. The third kappa shape index (κ3) is 2.89. The largest absolute Gasteiger partial charge is 0.312 e. The van der Waals surface area contributed by atoms with E-state index in [1.807, 2.05) is 37.1 Å². The second-order valence-corrected chi connectivity index (χ2v) is 6.24. The number of hydrogen-bond acceptors (Lipinski definition) is 3. The van der Waals surface area contributed by atoms with Gasteiger partial charge in [-0.25, -0.2) is 0 Å². The molecule has 0 radical (unpaired) electrons. The summed E-state index contributed by atoms with van der Waals surface area (Å²) in [6.45, 7) is 0. The van der Waals surface area contributed by atoms with Crippen LogP contribution in [0.3, 0.4) is 0 Å². The summed E-state index contributed by atoms with van der Waals surface area (Å²) in [4.78, 5) is 4.70. The molecule has 4 rings (SSSR count). The lowest BCUT2D eigenvalue weighted by atomic mass is 9.92. The zero-order valence-corrected chi connectivity index (χ0v) is 13.0. The monoisotopic (exact) mass is 304 g/mol. The second kappa shape index (κ2) is 6.32. The van der Waals surface area contributed by atoms with Gasteiger partial charge in [-0.2, -0.15) is 0 Å². The smallest absolute Gasteiger partial charge is 0.119 e. The Morgan fingerprint density at radius 3 is 2.30 bits per heavy atom. The lowest BCUT2D eigenvalue weighted by Gasteiger charge is -2.24. The van der Waals surface area contributed by atoms with Gasteiger partial charge in [0.1, 0.15) is 12.7 Å². The van der Waals surface area contributed by atoms with Crippen molar-refractivity contribution < 1.29 is 0 Å². The van der Waals surface area contributed by atoms with Crippen molar-refractivity contribution in [3.63, 3.8) is 0 Å². The van der Waals surface area contributed by atoms with E-state index in [4.69, 9.17) is 4.98 Å². The minimum atomic E-state index is 0.296. The van der Waals surface area contributed by atoms with E-state index in [1.165, 1.54) is 31.2 Å². The zero-order chi connectivity index (χ0) is 15.5. The molecule has 116 valence electrons. The molecule has 3 aromatic rings. The van der Waals surface area contributed by atoms with Crippen LogP contribution >= 0.6 is 0 Å². The summed E-state index contributed by atoms with van der Waals surface area (Å²) < 4.78 is 2.13. The number of pyridine rings is 1. The van der Waals surface area contributed by atoms with Crippen molar-refractivity contribution in [2.24, 2.45) is 5.92 Å². The van der Waals surface area contributed by atoms with Gasteiger partial charge in [-0.05, 0) is 30.4 Å². The molecule has 1 aliphatic rings. The summed E-state index contributed by atoms with van der Waals surface area (Å²) in [6.07, 6.45) is 10.8. The van der Waals surface area contributed by atoms with E-state index in [1.54, 1.807) is 0 Å². The molecule has 1 atom stereocenters. The Morgan fingerprint density at radius 2 is 1.65 bits per heavy atom. The molecule has 4 nitrogen and oxygen atoms in total. The highest BCUT2D eigenvalue weighted by molar-refractivity contribution is 5.58.